The molecule has 0 heterocycles. The summed E-state index contributed by atoms with van der Waals surface area (Å²) < 4.78 is 27.9. The Morgan fingerprint density at radius 2 is 1.88 bits per heavy atom. The number of nitrogens with two attached hydrogens (primary N) is 1. The van der Waals surface area contributed by atoms with E-state index in [1.807, 2.05) is 13.8 Å². The van der Waals surface area contributed by atoms with Gasteiger partial charge in [-0.25, -0.2) is 4.72 Å². The van der Waals surface area contributed by atoms with E-state index in [0.29, 0.717) is 6.54 Å². The Kier molecular flexibility index (Phi) is 6.66. The largest absolute Gasteiger partial charge is 0.388 e. The van der Waals surface area contributed by atoms with E-state index >= 15 is 0 Å². The fraction of sp³-hybridized carbons (Fsp3) is 0.900. The minimum Gasteiger partial charge on any atom is -0.388 e. The van der Waals surface area contributed by atoms with Gasteiger partial charge in [0.15, 0.2) is 0 Å². The first-order chi connectivity index (χ1) is 7.66. The van der Waals surface area contributed by atoms with E-state index in [-0.39, 0.29) is 30.8 Å². The molecule has 17 heavy (non-hydrogen) atoms. The Hall–Kier alpha value is -0.660. The molecule has 0 rings (SSSR count). The highest BCUT2D eigenvalue weighted by atomic mass is 32.2. The van der Waals surface area contributed by atoms with Crippen LogP contribution in [-0.4, -0.2) is 37.7 Å². The molecule has 0 unspecified atom stereocenters. The summed E-state index contributed by atoms with van der Waals surface area (Å²) in [7, 11) is -3.48. The third-order valence-corrected chi connectivity index (χ3v) is 3.91. The summed E-state index contributed by atoms with van der Waals surface area (Å²) in [5.74, 6) is 0.251. The Morgan fingerprint density at radius 3 is 2.24 bits per heavy atom. The van der Waals surface area contributed by atoms with E-state index < -0.39 is 10.2 Å². The van der Waals surface area contributed by atoms with Crippen molar-refractivity contribution >= 4 is 16.0 Å². The Balaban J connectivity index is 4.62. The lowest BCUT2D eigenvalue weighted by molar-refractivity contribution is 0.354. The number of amidine groups is 1. The summed E-state index contributed by atoms with van der Waals surface area (Å²) in [4.78, 5) is 0. The molecule has 7 heteroatoms. The minimum absolute atomic E-state index is 0.00490. The monoisotopic (exact) mass is 264 g/mol. The molecule has 6 nitrogen and oxygen atoms in total. The van der Waals surface area contributed by atoms with Gasteiger partial charge in [-0.2, -0.15) is 12.7 Å². The zero-order chi connectivity index (χ0) is 13.6. The Morgan fingerprint density at radius 1 is 1.35 bits per heavy atom. The molecule has 0 aromatic heterocycles. The van der Waals surface area contributed by atoms with Gasteiger partial charge in [-0.3, -0.25) is 5.41 Å². The molecule has 0 amide bonds. The van der Waals surface area contributed by atoms with Crippen LogP contribution in [0.25, 0.3) is 0 Å². The smallest absolute Gasteiger partial charge is 0.279 e. The molecular formula is C10H24N4O2S. The molecule has 0 saturated carbocycles. The van der Waals surface area contributed by atoms with Crippen molar-refractivity contribution in [1.82, 2.24) is 9.03 Å². The van der Waals surface area contributed by atoms with Crippen LogP contribution in [0.1, 0.15) is 34.1 Å². The molecule has 0 radical (unpaired) electrons. The van der Waals surface area contributed by atoms with Gasteiger partial charge >= 0.3 is 0 Å². The van der Waals surface area contributed by atoms with Gasteiger partial charge in [0.1, 0.15) is 0 Å². The molecule has 0 aliphatic rings. The summed E-state index contributed by atoms with van der Waals surface area (Å²) in [6.45, 7) is 8.13. The average molecular weight is 264 g/mol. The van der Waals surface area contributed by atoms with Crippen molar-refractivity contribution in [3.05, 3.63) is 0 Å². The van der Waals surface area contributed by atoms with Crippen molar-refractivity contribution in [2.24, 2.45) is 11.7 Å². The third kappa shape index (κ3) is 6.60. The standard InChI is InChI=1S/C10H24N4O2S/c1-8(2)7-13-17(15,16)14(9(3)4)6-5-10(11)12/h8-9,13H,5-7H2,1-4H3,(H3,11,12). The fourth-order valence-electron chi connectivity index (χ4n) is 1.24. The van der Waals surface area contributed by atoms with Gasteiger partial charge in [-0.05, 0) is 19.8 Å². The van der Waals surface area contributed by atoms with Crippen LogP contribution in [0.3, 0.4) is 0 Å². The van der Waals surface area contributed by atoms with Crippen LogP contribution in [-0.2, 0) is 10.2 Å². The average Bonchev–Trinajstić information content (AvgIpc) is 2.13. The molecule has 0 spiro atoms. The van der Waals surface area contributed by atoms with E-state index in [0.717, 1.165) is 0 Å². The molecule has 0 aliphatic heterocycles. The minimum atomic E-state index is -3.48. The Labute approximate surface area is 104 Å². The number of hydrogen-bond acceptors (Lipinski definition) is 3. The third-order valence-electron chi connectivity index (χ3n) is 2.16. The van der Waals surface area contributed by atoms with Gasteiger partial charge in [-0.15, -0.1) is 0 Å². The second-order valence-electron chi connectivity index (χ2n) is 4.73. The SMILES string of the molecule is CC(C)CNS(=O)(=O)N(CCC(=N)N)C(C)C. The summed E-state index contributed by atoms with van der Waals surface area (Å²) in [6, 6.07) is -0.154. The van der Waals surface area contributed by atoms with Gasteiger partial charge in [-0.1, -0.05) is 13.8 Å². The number of nitrogens with one attached hydrogen (secondary N) is 2. The molecule has 102 valence electrons. The molecule has 0 aromatic rings. The lowest BCUT2D eigenvalue weighted by atomic mass is 10.2. The number of nitrogens with zero attached hydrogens (tertiary/aromatic N) is 1. The van der Waals surface area contributed by atoms with Crippen LogP contribution < -0.4 is 10.5 Å². The highest BCUT2D eigenvalue weighted by Gasteiger charge is 2.24. The summed E-state index contributed by atoms with van der Waals surface area (Å²) >= 11 is 0. The number of hydrogen-bond donors (Lipinski definition) is 3. The Bertz CT molecular complexity index is 338. The second kappa shape index (κ2) is 6.93. The topological polar surface area (TPSA) is 99.3 Å². The predicted molar refractivity (Wildman–Crippen MR) is 70.1 cm³/mol. The zero-order valence-electron chi connectivity index (χ0n) is 11.0. The van der Waals surface area contributed by atoms with Crippen LogP contribution in [0.2, 0.25) is 0 Å². The van der Waals surface area contributed by atoms with Crippen LogP contribution >= 0.6 is 0 Å². The normalized spacial score (nSPS) is 12.6. The molecule has 0 atom stereocenters. The molecule has 0 aromatic carbocycles. The van der Waals surface area contributed by atoms with E-state index in [1.165, 1.54) is 4.31 Å². The van der Waals surface area contributed by atoms with E-state index in [9.17, 15) is 8.42 Å². The van der Waals surface area contributed by atoms with Crippen molar-refractivity contribution in [3.63, 3.8) is 0 Å². The van der Waals surface area contributed by atoms with Gasteiger partial charge in [0.25, 0.3) is 10.2 Å². The van der Waals surface area contributed by atoms with Gasteiger partial charge < -0.3 is 5.73 Å². The molecule has 0 bridgehead atoms. The molecule has 0 fully saturated rings. The predicted octanol–water partition coefficient (Wildman–Crippen LogP) is 0.513. The first kappa shape index (κ1) is 16.3. The van der Waals surface area contributed by atoms with Crippen molar-refractivity contribution in [3.8, 4) is 0 Å². The van der Waals surface area contributed by atoms with E-state index in [1.54, 1.807) is 13.8 Å². The zero-order valence-corrected chi connectivity index (χ0v) is 11.8. The molecule has 0 saturated heterocycles. The van der Waals surface area contributed by atoms with Crippen molar-refractivity contribution in [2.45, 2.75) is 40.2 Å². The summed E-state index contributed by atoms with van der Waals surface area (Å²) in [6.07, 6.45) is 0.251. The highest BCUT2D eigenvalue weighted by Crippen LogP contribution is 2.06. The van der Waals surface area contributed by atoms with Gasteiger partial charge in [0, 0.05) is 25.6 Å². The highest BCUT2D eigenvalue weighted by molar-refractivity contribution is 7.87. The van der Waals surface area contributed by atoms with Crippen LogP contribution in [0, 0.1) is 11.3 Å². The van der Waals surface area contributed by atoms with Crippen LogP contribution in [0.4, 0.5) is 0 Å². The molecular weight excluding hydrogens is 240 g/mol. The van der Waals surface area contributed by atoms with Crippen molar-refractivity contribution in [1.29, 1.82) is 5.41 Å². The van der Waals surface area contributed by atoms with E-state index in [4.69, 9.17) is 11.1 Å². The van der Waals surface area contributed by atoms with Gasteiger partial charge in [0.05, 0.1) is 5.84 Å². The van der Waals surface area contributed by atoms with Gasteiger partial charge in [0.2, 0.25) is 0 Å². The lowest BCUT2D eigenvalue weighted by Crippen LogP contribution is -2.46. The molecule has 4 N–H and O–H groups in total. The first-order valence-corrected chi connectivity index (χ1v) is 7.20. The van der Waals surface area contributed by atoms with Crippen LogP contribution in [0.15, 0.2) is 0 Å². The first-order valence-electron chi connectivity index (χ1n) is 5.76. The van der Waals surface area contributed by atoms with E-state index in [2.05, 4.69) is 4.72 Å². The second-order valence-corrected chi connectivity index (χ2v) is 6.43. The maximum absolute atomic E-state index is 12.0. The maximum Gasteiger partial charge on any atom is 0.279 e. The summed E-state index contributed by atoms with van der Waals surface area (Å²) in [5, 5.41) is 7.14. The molecule has 0 aliphatic carbocycles. The summed E-state index contributed by atoms with van der Waals surface area (Å²) in [5.41, 5.74) is 5.25. The van der Waals surface area contributed by atoms with Crippen LogP contribution in [0.5, 0.6) is 0 Å². The maximum atomic E-state index is 12.0. The van der Waals surface area contributed by atoms with Crippen molar-refractivity contribution in [2.75, 3.05) is 13.1 Å². The quantitative estimate of drug-likeness (QED) is 0.440. The number of rotatable bonds is 8. The van der Waals surface area contributed by atoms with Crippen molar-refractivity contribution < 1.29 is 8.42 Å². The lowest BCUT2D eigenvalue weighted by Gasteiger charge is -2.26. The fourth-order valence-corrected chi connectivity index (χ4v) is 2.84.